The zero-order valence-corrected chi connectivity index (χ0v) is 27.3. The van der Waals surface area contributed by atoms with Crippen LogP contribution in [0.2, 0.25) is 0 Å². The topological polar surface area (TPSA) is 103 Å². The van der Waals surface area contributed by atoms with Crippen LogP contribution in [-0.2, 0) is 25.5 Å². The van der Waals surface area contributed by atoms with E-state index in [9.17, 15) is 23.2 Å². The van der Waals surface area contributed by atoms with Gasteiger partial charge in [0.15, 0.2) is 6.10 Å². The zero-order valence-electron chi connectivity index (χ0n) is 27.3. The van der Waals surface area contributed by atoms with Crippen LogP contribution in [0.1, 0.15) is 84.7 Å². The maximum atomic E-state index is 15.0. The Morgan fingerprint density at radius 3 is 2.29 bits per heavy atom. The number of aromatic nitrogens is 2. The third-order valence-electron chi connectivity index (χ3n) is 6.82. The highest BCUT2D eigenvalue weighted by Gasteiger charge is 2.40. The molecule has 244 valence electrons. The molecule has 1 heterocycles. The highest BCUT2D eigenvalue weighted by atomic mass is 19.1. The fourth-order valence-electron chi connectivity index (χ4n) is 5.07. The van der Waals surface area contributed by atoms with Crippen LogP contribution < -0.4 is 5.32 Å². The average Bonchev–Trinajstić information content (AvgIpc) is 3.32. The van der Waals surface area contributed by atoms with Gasteiger partial charge in [-0.15, -0.1) is 0 Å². The van der Waals surface area contributed by atoms with Crippen LogP contribution in [0.15, 0.2) is 54.7 Å². The van der Waals surface area contributed by atoms with Gasteiger partial charge in [-0.2, -0.15) is 5.10 Å². The Morgan fingerprint density at radius 1 is 1.02 bits per heavy atom. The second-order valence-electron chi connectivity index (χ2n) is 13.1. The van der Waals surface area contributed by atoms with E-state index in [1.165, 1.54) is 18.5 Å². The Balaban J connectivity index is 2.10. The molecule has 0 saturated carbocycles. The van der Waals surface area contributed by atoms with Crippen molar-refractivity contribution in [1.82, 2.24) is 20.0 Å². The van der Waals surface area contributed by atoms with Gasteiger partial charge in [0.05, 0.1) is 11.7 Å². The van der Waals surface area contributed by atoms with Crippen molar-refractivity contribution in [2.45, 2.75) is 86.0 Å². The summed E-state index contributed by atoms with van der Waals surface area (Å²) < 4.78 is 41.1. The van der Waals surface area contributed by atoms with Crippen LogP contribution in [0.5, 0.6) is 0 Å². The van der Waals surface area contributed by atoms with E-state index in [0.717, 1.165) is 23.8 Å². The van der Waals surface area contributed by atoms with Gasteiger partial charge in [0.1, 0.15) is 22.9 Å². The van der Waals surface area contributed by atoms with Crippen molar-refractivity contribution in [2.24, 2.45) is 5.41 Å². The number of nitrogens with zero attached hydrogens (tertiary/aromatic N) is 3. The molecule has 9 nitrogen and oxygen atoms in total. The summed E-state index contributed by atoms with van der Waals surface area (Å²) in [5.41, 5.74) is 0.773. The number of benzene rings is 2. The lowest BCUT2D eigenvalue weighted by atomic mass is 9.81. The molecule has 1 N–H and O–H groups in total. The molecule has 0 unspecified atom stereocenters. The summed E-state index contributed by atoms with van der Waals surface area (Å²) in [6.07, 6.45) is 0.716. The highest BCUT2D eigenvalue weighted by Crippen LogP contribution is 2.40. The van der Waals surface area contributed by atoms with Crippen molar-refractivity contribution in [3.63, 3.8) is 0 Å². The fourth-order valence-corrected chi connectivity index (χ4v) is 5.07. The molecule has 0 radical (unpaired) electrons. The SMILES string of the molecule is CC(=O)O[C@@H](C)C(=O)N(CCCNC(=O)OC(C)(C)C)[C@@H](c1nn(-c2cc(F)ccc2F)cc1Cc1ccccc1)C(C)(C)C. The number of alkyl carbamates (subject to hydrolysis) is 1. The van der Waals surface area contributed by atoms with Crippen molar-refractivity contribution >= 4 is 18.0 Å². The molecule has 3 aromatic rings. The molecule has 0 saturated heterocycles. The number of rotatable bonds is 11. The summed E-state index contributed by atoms with van der Waals surface area (Å²) in [6, 6.07) is 12.1. The first kappa shape index (κ1) is 35.2. The van der Waals surface area contributed by atoms with Crippen LogP contribution in [-0.4, -0.2) is 57.4 Å². The Morgan fingerprint density at radius 2 is 1.69 bits per heavy atom. The molecule has 3 rings (SSSR count). The Labute approximate surface area is 263 Å². The van der Waals surface area contributed by atoms with Crippen LogP contribution >= 0.6 is 0 Å². The summed E-state index contributed by atoms with van der Waals surface area (Å²) in [7, 11) is 0. The van der Waals surface area contributed by atoms with Gasteiger partial charge >= 0.3 is 12.1 Å². The first-order chi connectivity index (χ1) is 21.0. The highest BCUT2D eigenvalue weighted by molar-refractivity contribution is 5.83. The normalized spacial score (nSPS) is 13.1. The molecule has 1 aromatic heterocycles. The summed E-state index contributed by atoms with van der Waals surface area (Å²) in [4.78, 5) is 39.6. The first-order valence-corrected chi connectivity index (χ1v) is 15.0. The number of carbonyl (C=O) groups excluding carboxylic acids is 3. The third-order valence-corrected chi connectivity index (χ3v) is 6.82. The monoisotopic (exact) mass is 626 g/mol. The summed E-state index contributed by atoms with van der Waals surface area (Å²) in [6.45, 7) is 14.2. The van der Waals surface area contributed by atoms with Crippen molar-refractivity contribution < 1.29 is 32.6 Å². The lowest BCUT2D eigenvalue weighted by molar-refractivity contribution is -0.160. The maximum absolute atomic E-state index is 15.0. The van der Waals surface area contributed by atoms with E-state index in [-0.39, 0.29) is 18.8 Å². The molecular weight excluding hydrogens is 582 g/mol. The smallest absolute Gasteiger partial charge is 0.407 e. The summed E-state index contributed by atoms with van der Waals surface area (Å²) in [5.74, 6) is -2.34. The van der Waals surface area contributed by atoms with Gasteiger partial charge in [0, 0.05) is 44.3 Å². The number of nitrogens with one attached hydrogen (secondary N) is 1. The van der Waals surface area contributed by atoms with Gasteiger partial charge < -0.3 is 19.7 Å². The van der Waals surface area contributed by atoms with E-state index in [0.29, 0.717) is 24.1 Å². The van der Waals surface area contributed by atoms with E-state index in [1.54, 1.807) is 31.9 Å². The molecule has 2 aromatic carbocycles. The van der Waals surface area contributed by atoms with Crippen LogP contribution in [0.25, 0.3) is 5.69 Å². The molecule has 2 amide bonds. The third kappa shape index (κ3) is 10.1. The number of hydrogen-bond acceptors (Lipinski definition) is 6. The van der Waals surface area contributed by atoms with Gasteiger partial charge in [-0.1, -0.05) is 51.1 Å². The average molecular weight is 627 g/mol. The fraction of sp³-hybridized carbons (Fsp3) is 0.471. The van der Waals surface area contributed by atoms with Gasteiger partial charge in [0.2, 0.25) is 0 Å². The minimum absolute atomic E-state index is 0.0732. The van der Waals surface area contributed by atoms with E-state index in [4.69, 9.17) is 14.6 Å². The largest absolute Gasteiger partial charge is 0.453 e. The molecule has 0 spiro atoms. The number of esters is 1. The maximum Gasteiger partial charge on any atom is 0.407 e. The lowest BCUT2D eigenvalue weighted by Gasteiger charge is -2.41. The first-order valence-electron chi connectivity index (χ1n) is 15.0. The molecule has 0 aliphatic carbocycles. The number of halogens is 2. The Hall–Kier alpha value is -4.28. The van der Waals surface area contributed by atoms with Crippen molar-refractivity contribution in [1.29, 1.82) is 0 Å². The van der Waals surface area contributed by atoms with E-state index in [2.05, 4.69) is 5.32 Å². The van der Waals surface area contributed by atoms with E-state index in [1.807, 2.05) is 51.1 Å². The summed E-state index contributed by atoms with van der Waals surface area (Å²) >= 11 is 0. The molecule has 0 fully saturated rings. The Kier molecular flexibility index (Phi) is 11.5. The number of hydrogen-bond donors (Lipinski definition) is 1. The molecular formula is C34H44F2N4O5. The van der Waals surface area contributed by atoms with E-state index < -0.39 is 52.8 Å². The quantitative estimate of drug-likeness (QED) is 0.192. The molecule has 0 aliphatic heterocycles. The van der Waals surface area contributed by atoms with E-state index >= 15 is 0 Å². The minimum atomic E-state index is -1.11. The number of carbonyl (C=O) groups is 3. The van der Waals surface area contributed by atoms with Gasteiger partial charge in [-0.05, 0) is 57.2 Å². The van der Waals surface area contributed by atoms with Crippen LogP contribution in [0.4, 0.5) is 13.6 Å². The zero-order chi connectivity index (χ0) is 33.5. The predicted octanol–water partition coefficient (Wildman–Crippen LogP) is 6.52. The molecule has 2 atom stereocenters. The van der Waals surface area contributed by atoms with Crippen molar-refractivity contribution in [3.05, 3.63) is 83.2 Å². The van der Waals surface area contributed by atoms with Crippen molar-refractivity contribution in [3.8, 4) is 5.69 Å². The second-order valence-corrected chi connectivity index (χ2v) is 13.1. The minimum Gasteiger partial charge on any atom is -0.453 e. The number of amides is 2. The lowest BCUT2D eigenvalue weighted by Crippen LogP contribution is -2.47. The molecule has 11 heteroatoms. The molecule has 45 heavy (non-hydrogen) atoms. The van der Waals surface area contributed by atoms with Gasteiger partial charge in [-0.3, -0.25) is 9.59 Å². The molecule has 0 bridgehead atoms. The van der Waals surface area contributed by atoms with Gasteiger partial charge in [0.25, 0.3) is 5.91 Å². The van der Waals surface area contributed by atoms with Crippen LogP contribution in [0, 0.1) is 17.0 Å². The number of ether oxygens (including phenoxy) is 2. The standard InChI is InChI=1S/C34H44F2N4O5/c1-22(44-23(2)41)31(42)39(18-12-17-37-32(43)45-34(6,7)8)30(33(3,4)5)29-25(19-24-13-10-9-11-14-24)21-40(38-29)28-20-26(35)15-16-27(28)36/h9-11,13-16,20-22,30H,12,17-19H2,1-8H3,(H,37,43)/t22-,30-/m0/s1. The predicted molar refractivity (Wildman–Crippen MR) is 167 cm³/mol. The van der Waals surface area contributed by atoms with Crippen molar-refractivity contribution in [2.75, 3.05) is 13.1 Å². The Bertz CT molecular complexity index is 1480. The second kappa shape index (κ2) is 14.7. The van der Waals surface area contributed by atoms with Gasteiger partial charge in [-0.25, -0.2) is 18.3 Å². The molecule has 0 aliphatic rings. The van der Waals surface area contributed by atoms with Crippen LogP contribution in [0.3, 0.4) is 0 Å². The summed E-state index contributed by atoms with van der Waals surface area (Å²) in [5, 5.41) is 7.50.